The predicted octanol–water partition coefficient (Wildman–Crippen LogP) is 3.09. The molecule has 0 amide bonds. The maximum atomic E-state index is 5.92. The van der Waals surface area contributed by atoms with Gasteiger partial charge in [0.05, 0.1) is 13.2 Å². The van der Waals surface area contributed by atoms with Gasteiger partial charge in [-0.3, -0.25) is 0 Å². The molecule has 0 spiro atoms. The monoisotopic (exact) mass is 223 g/mol. The third kappa shape index (κ3) is 3.33. The molecule has 16 heavy (non-hydrogen) atoms. The zero-order chi connectivity index (χ0) is 12.1. The van der Waals surface area contributed by atoms with Crippen molar-refractivity contribution in [1.29, 1.82) is 0 Å². The van der Waals surface area contributed by atoms with Crippen molar-refractivity contribution in [3.63, 3.8) is 0 Å². The molecule has 0 saturated carbocycles. The number of benzene rings is 1. The lowest BCUT2D eigenvalue weighted by Gasteiger charge is -2.18. The van der Waals surface area contributed by atoms with Gasteiger partial charge in [0.25, 0.3) is 0 Å². The first-order valence-electron chi connectivity index (χ1n) is 5.63. The van der Waals surface area contributed by atoms with E-state index < -0.39 is 0 Å². The quantitative estimate of drug-likeness (QED) is 0.780. The van der Waals surface area contributed by atoms with Crippen LogP contribution in [-0.4, -0.2) is 13.2 Å². The SMILES string of the molecule is COc1cccc(OC(C)CC(C)C)c1N. The van der Waals surface area contributed by atoms with Crippen LogP contribution >= 0.6 is 0 Å². The second-order valence-electron chi connectivity index (χ2n) is 4.43. The van der Waals surface area contributed by atoms with Crippen molar-refractivity contribution >= 4 is 5.69 Å². The molecule has 0 aliphatic carbocycles. The number of para-hydroxylation sites is 1. The zero-order valence-corrected chi connectivity index (χ0v) is 10.5. The standard InChI is InChI=1S/C13H21NO2/c1-9(2)8-10(3)16-12-7-5-6-11(15-4)13(12)14/h5-7,9-10H,8,14H2,1-4H3. The van der Waals surface area contributed by atoms with Gasteiger partial charge >= 0.3 is 0 Å². The third-order valence-electron chi connectivity index (χ3n) is 2.38. The summed E-state index contributed by atoms with van der Waals surface area (Å²) in [6.07, 6.45) is 1.17. The molecule has 0 bridgehead atoms. The summed E-state index contributed by atoms with van der Waals surface area (Å²) in [5.41, 5.74) is 6.49. The molecular weight excluding hydrogens is 202 g/mol. The highest BCUT2D eigenvalue weighted by Gasteiger charge is 2.11. The molecule has 1 unspecified atom stereocenters. The number of hydrogen-bond acceptors (Lipinski definition) is 3. The van der Waals surface area contributed by atoms with E-state index in [0.717, 1.165) is 6.42 Å². The van der Waals surface area contributed by atoms with E-state index in [4.69, 9.17) is 15.2 Å². The number of anilines is 1. The van der Waals surface area contributed by atoms with Gasteiger partial charge in [0.2, 0.25) is 0 Å². The van der Waals surface area contributed by atoms with Crippen molar-refractivity contribution in [1.82, 2.24) is 0 Å². The molecule has 1 aromatic carbocycles. The minimum atomic E-state index is 0.161. The molecule has 0 heterocycles. The molecule has 0 saturated heterocycles. The number of nitrogen functional groups attached to an aromatic ring is 1. The Bertz CT molecular complexity index is 337. The molecule has 0 fully saturated rings. The van der Waals surface area contributed by atoms with Crippen LogP contribution in [0.2, 0.25) is 0 Å². The van der Waals surface area contributed by atoms with Gasteiger partial charge < -0.3 is 15.2 Å². The van der Waals surface area contributed by atoms with E-state index >= 15 is 0 Å². The Balaban J connectivity index is 2.73. The van der Waals surface area contributed by atoms with E-state index in [1.807, 2.05) is 18.2 Å². The lowest BCUT2D eigenvalue weighted by Crippen LogP contribution is -2.15. The second-order valence-corrected chi connectivity index (χ2v) is 4.43. The molecule has 3 heteroatoms. The van der Waals surface area contributed by atoms with Crippen LogP contribution in [-0.2, 0) is 0 Å². The highest BCUT2D eigenvalue weighted by molar-refractivity contribution is 5.62. The van der Waals surface area contributed by atoms with Gasteiger partial charge in [-0.25, -0.2) is 0 Å². The van der Waals surface area contributed by atoms with Gasteiger partial charge in [-0.2, -0.15) is 0 Å². The molecule has 0 aromatic heterocycles. The summed E-state index contributed by atoms with van der Waals surface area (Å²) in [6, 6.07) is 5.58. The van der Waals surface area contributed by atoms with Gasteiger partial charge in [0, 0.05) is 0 Å². The van der Waals surface area contributed by atoms with Crippen LogP contribution in [0.5, 0.6) is 11.5 Å². The molecule has 1 rings (SSSR count). The van der Waals surface area contributed by atoms with Crippen molar-refractivity contribution < 1.29 is 9.47 Å². The molecule has 2 N–H and O–H groups in total. The molecule has 0 radical (unpaired) electrons. The average molecular weight is 223 g/mol. The van der Waals surface area contributed by atoms with Crippen molar-refractivity contribution in [2.45, 2.75) is 33.3 Å². The number of nitrogens with two attached hydrogens (primary N) is 1. The first-order valence-corrected chi connectivity index (χ1v) is 5.63. The Kier molecular flexibility index (Phi) is 4.47. The van der Waals surface area contributed by atoms with Crippen LogP contribution in [0.15, 0.2) is 18.2 Å². The molecule has 90 valence electrons. The van der Waals surface area contributed by atoms with E-state index in [1.165, 1.54) is 0 Å². The third-order valence-corrected chi connectivity index (χ3v) is 2.38. The number of hydrogen-bond donors (Lipinski definition) is 1. The maximum absolute atomic E-state index is 5.92. The Morgan fingerprint density at radius 2 is 1.81 bits per heavy atom. The highest BCUT2D eigenvalue weighted by atomic mass is 16.5. The van der Waals surface area contributed by atoms with Crippen molar-refractivity contribution in [2.24, 2.45) is 5.92 Å². The van der Waals surface area contributed by atoms with E-state index in [-0.39, 0.29) is 6.10 Å². The summed E-state index contributed by atoms with van der Waals surface area (Å²) in [5, 5.41) is 0. The predicted molar refractivity (Wildman–Crippen MR) is 67.0 cm³/mol. The number of ether oxygens (including phenoxy) is 2. The van der Waals surface area contributed by atoms with Crippen LogP contribution in [0.25, 0.3) is 0 Å². The minimum absolute atomic E-state index is 0.161. The summed E-state index contributed by atoms with van der Waals surface area (Å²) in [7, 11) is 1.60. The lowest BCUT2D eigenvalue weighted by molar-refractivity contribution is 0.194. The maximum Gasteiger partial charge on any atom is 0.146 e. The Morgan fingerprint density at radius 3 is 2.38 bits per heavy atom. The Labute approximate surface area is 97.6 Å². The van der Waals surface area contributed by atoms with Crippen LogP contribution in [0.1, 0.15) is 27.2 Å². The second kappa shape index (κ2) is 5.64. The fourth-order valence-electron chi connectivity index (χ4n) is 1.73. The first kappa shape index (κ1) is 12.7. The highest BCUT2D eigenvalue weighted by Crippen LogP contribution is 2.32. The van der Waals surface area contributed by atoms with E-state index in [1.54, 1.807) is 7.11 Å². The van der Waals surface area contributed by atoms with E-state index in [0.29, 0.717) is 23.1 Å². The van der Waals surface area contributed by atoms with Crippen molar-refractivity contribution in [2.75, 3.05) is 12.8 Å². The van der Waals surface area contributed by atoms with Crippen LogP contribution in [0, 0.1) is 5.92 Å². The Morgan fingerprint density at radius 1 is 1.19 bits per heavy atom. The van der Waals surface area contributed by atoms with Crippen molar-refractivity contribution in [3.8, 4) is 11.5 Å². The summed E-state index contributed by atoms with van der Waals surface area (Å²) in [5.74, 6) is 1.98. The van der Waals surface area contributed by atoms with Gasteiger partial charge in [-0.1, -0.05) is 19.9 Å². The normalized spacial score (nSPS) is 12.6. The number of rotatable bonds is 5. The molecule has 0 aliphatic rings. The van der Waals surface area contributed by atoms with Crippen LogP contribution in [0.3, 0.4) is 0 Å². The minimum Gasteiger partial charge on any atom is -0.494 e. The lowest BCUT2D eigenvalue weighted by atomic mass is 10.1. The fourth-order valence-corrected chi connectivity index (χ4v) is 1.73. The summed E-state index contributed by atoms with van der Waals surface area (Å²) in [6.45, 7) is 6.41. The van der Waals surface area contributed by atoms with E-state index in [9.17, 15) is 0 Å². The van der Waals surface area contributed by atoms with E-state index in [2.05, 4.69) is 20.8 Å². The average Bonchev–Trinajstić information content (AvgIpc) is 2.20. The summed E-state index contributed by atoms with van der Waals surface area (Å²) < 4.78 is 10.9. The summed E-state index contributed by atoms with van der Waals surface area (Å²) in [4.78, 5) is 0. The molecule has 3 nitrogen and oxygen atoms in total. The largest absolute Gasteiger partial charge is 0.494 e. The van der Waals surface area contributed by atoms with Gasteiger partial charge in [0.1, 0.15) is 17.2 Å². The van der Waals surface area contributed by atoms with Crippen molar-refractivity contribution in [3.05, 3.63) is 18.2 Å². The first-order chi connectivity index (χ1) is 7.54. The summed E-state index contributed by atoms with van der Waals surface area (Å²) >= 11 is 0. The number of methoxy groups -OCH3 is 1. The topological polar surface area (TPSA) is 44.5 Å². The van der Waals surface area contributed by atoms with Gasteiger partial charge in [-0.15, -0.1) is 0 Å². The Hall–Kier alpha value is -1.38. The van der Waals surface area contributed by atoms with Gasteiger partial charge in [-0.05, 0) is 31.4 Å². The fraction of sp³-hybridized carbons (Fsp3) is 0.538. The molecular formula is C13H21NO2. The zero-order valence-electron chi connectivity index (χ0n) is 10.5. The smallest absolute Gasteiger partial charge is 0.146 e. The van der Waals surface area contributed by atoms with Crippen LogP contribution in [0.4, 0.5) is 5.69 Å². The van der Waals surface area contributed by atoms with Crippen LogP contribution < -0.4 is 15.2 Å². The van der Waals surface area contributed by atoms with Gasteiger partial charge in [0.15, 0.2) is 0 Å². The molecule has 1 atom stereocenters. The molecule has 0 aliphatic heterocycles. The molecule has 1 aromatic rings.